The number of nitrogens with zero attached hydrogens (tertiary/aromatic N) is 2. The maximum Gasteiger partial charge on any atom is 0.137 e. The van der Waals surface area contributed by atoms with Gasteiger partial charge in [-0.05, 0) is 32.1 Å². The average molecular weight is 296 g/mol. The first-order valence-electron chi connectivity index (χ1n) is 7.93. The van der Waals surface area contributed by atoms with Crippen molar-refractivity contribution >= 4 is 17.4 Å². The molecule has 1 aliphatic rings. The second-order valence-electron chi connectivity index (χ2n) is 5.92. The van der Waals surface area contributed by atoms with Crippen molar-refractivity contribution in [2.75, 3.05) is 11.9 Å². The molecule has 1 aromatic rings. The number of hydrogen-bond donors (Lipinski definition) is 1. The third-order valence-corrected chi connectivity index (χ3v) is 4.52. The van der Waals surface area contributed by atoms with Crippen LogP contribution in [-0.2, 0) is 0 Å². The molecule has 1 heterocycles. The molecule has 1 fully saturated rings. The van der Waals surface area contributed by atoms with E-state index in [9.17, 15) is 0 Å². The highest BCUT2D eigenvalue weighted by molar-refractivity contribution is 6.30. The van der Waals surface area contributed by atoms with Gasteiger partial charge >= 0.3 is 0 Å². The number of aromatic nitrogens is 2. The summed E-state index contributed by atoms with van der Waals surface area (Å²) in [6.07, 6.45) is 7.46. The Hall–Kier alpha value is -0.830. The molecule has 0 spiro atoms. The number of halogens is 1. The molecular formula is C16H26ClN3. The third kappa shape index (κ3) is 4.08. The molecule has 1 atom stereocenters. The Bertz CT molecular complexity index is 444. The van der Waals surface area contributed by atoms with E-state index in [-0.39, 0.29) is 0 Å². The highest BCUT2D eigenvalue weighted by Crippen LogP contribution is 2.39. The van der Waals surface area contributed by atoms with Crippen LogP contribution in [0.5, 0.6) is 0 Å². The number of unbranched alkanes of at least 4 members (excludes halogenated alkanes) is 1. The van der Waals surface area contributed by atoms with E-state index in [1.54, 1.807) is 0 Å². The molecule has 1 unspecified atom stereocenters. The highest BCUT2D eigenvalue weighted by atomic mass is 35.5. The molecule has 0 saturated heterocycles. The third-order valence-electron chi connectivity index (χ3n) is 4.15. The molecule has 1 N–H and O–H groups in total. The van der Waals surface area contributed by atoms with Crippen molar-refractivity contribution in [3.05, 3.63) is 16.5 Å². The molecule has 0 aliphatic heterocycles. The highest BCUT2D eigenvalue weighted by Gasteiger charge is 2.28. The minimum absolute atomic E-state index is 0.538. The Morgan fingerprint density at radius 2 is 2.05 bits per heavy atom. The van der Waals surface area contributed by atoms with E-state index in [4.69, 9.17) is 11.6 Å². The number of anilines is 1. The van der Waals surface area contributed by atoms with Crippen LogP contribution in [0.1, 0.15) is 69.7 Å². The lowest BCUT2D eigenvalue weighted by molar-refractivity contribution is 0.472. The van der Waals surface area contributed by atoms with Gasteiger partial charge in [-0.1, -0.05) is 44.7 Å². The SMILES string of the molecule is CCCCC(CC)CNc1nc(C2CC2)nc(Cl)c1C. The van der Waals surface area contributed by atoms with Crippen LogP contribution in [0.3, 0.4) is 0 Å². The minimum atomic E-state index is 0.538. The summed E-state index contributed by atoms with van der Waals surface area (Å²) in [6, 6.07) is 0. The predicted octanol–water partition coefficient (Wildman–Crippen LogP) is 4.94. The quantitative estimate of drug-likeness (QED) is 0.690. The van der Waals surface area contributed by atoms with Gasteiger partial charge in [0.05, 0.1) is 0 Å². The standard InChI is InChI=1S/C16H26ClN3/c1-4-6-7-12(5-2)10-18-15-11(3)14(17)19-16(20-15)13-8-9-13/h12-13H,4-10H2,1-3H3,(H,18,19,20). The van der Waals surface area contributed by atoms with Crippen molar-refractivity contribution in [1.29, 1.82) is 0 Å². The van der Waals surface area contributed by atoms with Crippen molar-refractivity contribution < 1.29 is 0 Å². The molecule has 2 rings (SSSR count). The van der Waals surface area contributed by atoms with Gasteiger partial charge in [0.25, 0.3) is 0 Å². The Labute approximate surface area is 127 Å². The van der Waals surface area contributed by atoms with Crippen LogP contribution in [0.15, 0.2) is 0 Å². The molecule has 3 nitrogen and oxygen atoms in total. The maximum absolute atomic E-state index is 6.23. The first-order chi connectivity index (χ1) is 9.65. The summed E-state index contributed by atoms with van der Waals surface area (Å²) in [6.45, 7) is 7.48. The number of rotatable bonds is 8. The van der Waals surface area contributed by atoms with Crippen LogP contribution >= 0.6 is 11.6 Å². The molecule has 0 radical (unpaired) electrons. The molecule has 0 amide bonds. The molecule has 20 heavy (non-hydrogen) atoms. The molecular weight excluding hydrogens is 270 g/mol. The van der Waals surface area contributed by atoms with Crippen LogP contribution in [0.4, 0.5) is 5.82 Å². The molecule has 112 valence electrons. The predicted molar refractivity (Wildman–Crippen MR) is 85.5 cm³/mol. The lowest BCUT2D eigenvalue weighted by Crippen LogP contribution is -2.16. The van der Waals surface area contributed by atoms with Crippen molar-refractivity contribution in [2.45, 2.75) is 65.2 Å². The van der Waals surface area contributed by atoms with E-state index in [2.05, 4.69) is 29.1 Å². The number of nitrogens with one attached hydrogen (secondary N) is 1. The number of hydrogen-bond acceptors (Lipinski definition) is 3. The zero-order valence-electron chi connectivity index (χ0n) is 12.9. The summed E-state index contributed by atoms with van der Waals surface area (Å²) in [5, 5.41) is 4.10. The zero-order chi connectivity index (χ0) is 14.5. The van der Waals surface area contributed by atoms with Crippen LogP contribution < -0.4 is 5.32 Å². The van der Waals surface area contributed by atoms with E-state index in [0.29, 0.717) is 17.0 Å². The van der Waals surface area contributed by atoms with Gasteiger partial charge in [-0.15, -0.1) is 0 Å². The van der Waals surface area contributed by atoms with Gasteiger partial charge in [0.1, 0.15) is 16.8 Å². The zero-order valence-corrected chi connectivity index (χ0v) is 13.6. The second-order valence-corrected chi connectivity index (χ2v) is 6.28. The van der Waals surface area contributed by atoms with Gasteiger partial charge in [0.2, 0.25) is 0 Å². The van der Waals surface area contributed by atoms with Crippen molar-refractivity contribution in [2.24, 2.45) is 5.92 Å². The van der Waals surface area contributed by atoms with E-state index < -0.39 is 0 Å². The van der Waals surface area contributed by atoms with Crippen LogP contribution in [0.25, 0.3) is 0 Å². The van der Waals surface area contributed by atoms with E-state index >= 15 is 0 Å². The first-order valence-corrected chi connectivity index (χ1v) is 8.31. The Morgan fingerprint density at radius 1 is 1.30 bits per heavy atom. The molecule has 1 aromatic heterocycles. The lowest BCUT2D eigenvalue weighted by Gasteiger charge is -2.17. The first kappa shape index (κ1) is 15.6. The summed E-state index contributed by atoms with van der Waals surface area (Å²) < 4.78 is 0. The monoisotopic (exact) mass is 295 g/mol. The molecule has 4 heteroatoms. The summed E-state index contributed by atoms with van der Waals surface area (Å²) in [5.74, 6) is 3.11. The van der Waals surface area contributed by atoms with Gasteiger partial charge < -0.3 is 5.32 Å². The van der Waals surface area contributed by atoms with E-state index in [0.717, 1.165) is 23.8 Å². The molecule has 0 aromatic carbocycles. The van der Waals surface area contributed by atoms with Gasteiger partial charge in [0, 0.05) is 18.0 Å². The van der Waals surface area contributed by atoms with Gasteiger partial charge in [-0.3, -0.25) is 0 Å². The average Bonchev–Trinajstić information content (AvgIpc) is 3.27. The van der Waals surface area contributed by atoms with Gasteiger partial charge in [0.15, 0.2) is 0 Å². The van der Waals surface area contributed by atoms with Crippen molar-refractivity contribution in [3.63, 3.8) is 0 Å². The largest absolute Gasteiger partial charge is 0.369 e. The van der Waals surface area contributed by atoms with Crippen LogP contribution in [-0.4, -0.2) is 16.5 Å². The minimum Gasteiger partial charge on any atom is -0.369 e. The Kier molecular flexibility index (Phi) is 5.64. The summed E-state index contributed by atoms with van der Waals surface area (Å²) in [4.78, 5) is 9.08. The molecule has 1 saturated carbocycles. The van der Waals surface area contributed by atoms with Gasteiger partial charge in [-0.25, -0.2) is 9.97 Å². The fourth-order valence-corrected chi connectivity index (χ4v) is 2.56. The van der Waals surface area contributed by atoms with E-state index in [1.165, 1.54) is 38.5 Å². The summed E-state index contributed by atoms with van der Waals surface area (Å²) in [5.41, 5.74) is 0.974. The molecule has 1 aliphatic carbocycles. The van der Waals surface area contributed by atoms with Crippen LogP contribution in [0, 0.1) is 12.8 Å². The topological polar surface area (TPSA) is 37.8 Å². The summed E-state index contributed by atoms with van der Waals surface area (Å²) in [7, 11) is 0. The van der Waals surface area contributed by atoms with Crippen LogP contribution in [0.2, 0.25) is 5.15 Å². The molecule has 0 bridgehead atoms. The second kappa shape index (κ2) is 7.26. The lowest BCUT2D eigenvalue weighted by atomic mass is 9.99. The Balaban J connectivity index is 2.00. The van der Waals surface area contributed by atoms with Gasteiger partial charge in [-0.2, -0.15) is 0 Å². The fraction of sp³-hybridized carbons (Fsp3) is 0.750. The summed E-state index contributed by atoms with van der Waals surface area (Å²) >= 11 is 6.23. The Morgan fingerprint density at radius 3 is 2.65 bits per heavy atom. The van der Waals surface area contributed by atoms with E-state index in [1.807, 2.05) is 6.92 Å². The smallest absolute Gasteiger partial charge is 0.137 e. The van der Waals surface area contributed by atoms with Crippen molar-refractivity contribution in [1.82, 2.24) is 9.97 Å². The fourth-order valence-electron chi connectivity index (χ4n) is 2.39. The normalized spacial score (nSPS) is 16.2. The van der Waals surface area contributed by atoms with Crippen molar-refractivity contribution in [3.8, 4) is 0 Å². The maximum atomic E-state index is 6.23.